The standard InChI is InChI=1S/C24H27FN4O3/c1-3-17(2)29-23(31)20-6-4-5-7-21(20)28(24(29)32)16-22(30)27-14-12-26(13-15-27)19-10-8-18(25)9-11-19/h4-11,17H,3,12-16H2,1-2H3/t17-/m0/s1. The Morgan fingerprint density at radius 2 is 1.66 bits per heavy atom. The van der Waals surface area contributed by atoms with Gasteiger partial charge in [0.1, 0.15) is 12.4 Å². The summed E-state index contributed by atoms with van der Waals surface area (Å²) in [5.74, 6) is -0.440. The summed E-state index contributed by atoms with van der Waals surface area (Å²) in [4.78, 5) is 43.0. The van der Waals surface area contributed by atoms with Crippen LogP contribution in [0.15, 0.2) is 58.1 Å². The number of halogens is 1. The topological polar surface area (TPSA) is 67.6 Å². The molecule has 1 amide bonds. The maximum absolute atomic E-state index is 13.2. The highest BCUT2D eigenvalue weighted by atomic mass is 19.1. The predicted octanol–water partition coefficient (Wildman–Crippen LogP) is 2.62. The van der Waals surface area contributed by atoms with Gasteiger partial charge in [-0.3, -0.25) is 18.7 Å². The molecule has 0 bridgehead atoms. The van der Waals surface area contributed by atoms with E-state index < -0.39 is 5.69 Å². The first-order chi connectivity index (χ1) is 15.4. The second-order valence-corrected chi connectivity index (χ2v) is 8.16. The van der Waals surface area contributed by atoms with Crippen molar-refractivity contribution in [2.45, 2.75) is 32.9 Å². The van der Waals surface area contributed by atoms with Crippen LogP contribution >= 0.6 is 0 Å². The fourth-order valence-corrected chi connectivity index (χ4v) is 4.16. The van der Waals surface area contributed by atoms with Crippen LogP contribution in [0.3, 0.4) is 0 Å². The number of carbonyl (C=O) groups excluding carboxylic acids is 1. The van der Waals surface area contributed by atoms with Gasteiger partial charge in [0, 0.05) is 37.9 Å². The number of amides is 1. The normalized spacial score (nSPS) is 15.2. The van der Waals surface area contributed by atoms with Gasteiger partial charge >= 0.3 is 5.69 Å². The molecule has 0 spiro atoms. The van der Waals surface area contributed by atoms with Gasteiger partial charge in [-0.1, -0.05) is 19.1 Å². The largest absolute Gasteiger partial charge is 0.368 e. The highest BCUT2D eigenvalue weighted by molar-refractivity contribution is 5.82. The Bertz CT molecular complexity index is 1240. The molecular weight excluding hydrogens is 411 g/mol. The molecule has 1 saturated heterocycles. The highest BCUT2D eigenvalue weighted by Crippen LogP contribution is 2.17. The molecule has 4 rings (SSSR count). The number of nitrogens with zero attached hydrogens (tertiary/aromatic N) is 4. The van der Waals surface area contributed by atoms with Crippen LogP contribution in [0.2, 0.25) is 0 Å². The molecule has 0 saturated carbocycles. The van der Waals surface area contributed by atoms with E-state index in [-0.39, 0.29) is 29.9 Å². The van der Waals surface area contributed by atoms with Crippen LogP contribution in [0, 0.1) is 5.82 Å². The quantitative estimate of drug-likeness (QED) is 0.614. The maximum Gasteiger partial charge on any atom is 0.332 e. The molecular formula is C24H27FN4O3. The van der Waals surface area contributed by atoms with Gasteiger partial charge in [0.15, 0.2) is 0 Å². The average molecular weight is 439 g/mol. The minimum absolute atomic E-state index is 0.118. The molecule has 1 aliphatic rings. The number of aromatic nitrogens is 2. The molecule has 8 heteroatoms. The summed E-state index contributed by atoms with van der Waals surface area (Å²) in [7, 11) is 0. The molecule has 168 valence electrons. The van der Waals surface area contributed by atoms with Crippen molar-refractivity contribution in [1.82, 2.24) is 14.0 Å². The molecule has 7 nitrogen and oxygen atoms in total. The van der Waals surface area contributed by atoms with E-state index in [2.05, 4.69) is 4.90 Å². The van der Waals surface area contributed by atoms with E-state index in [0.717, 1.165) is 5.69 Å². The molecule has 0 N–H and O–H groups in total. The number of carbonyl (C=O) groups is 1. The van der Waals surface area contributed by atoms with Crippen LogP contribution in [0.25, 0.3) is 10.9 Å². The summed E-state index contributed by atoms with van der Waals surface area (Å²) in [6.45, 7) is 5.90. The van der Waals surface area contributed by atoms with E-state index in [4.69, 9.17) is 0 Å². The molecule has 1 aromatic heterocycles. The van der Waals surface area contributed by atoms with E-state index in [0.29, 0.717) is 43.5 Å². The Morgan fingerprint density at radius 1 is 1.00 bits per heavy atom. The van der Waals surface area contributed by atoms with Crippen molar-refractivity contribution in [3.8, 4) is 0 Å². The van der Waals surface area contributed by atoms with Crippen LogP contribution in [0.5, 0.6) is 0 Å². The molecule has 0 unspecified atom stereocenters. The number of para-hydroxylation sites is 1. The third kappa shape index (κ3) is 4.04. The summed E-state index contributed by atoms with van der Waals surface area (Å²) in [5.41, 5.74) is 0.611. The number of rotatable bonds is 5. The Balaban J connectivity index is 1.57. The smallest absolute Gasteiger partial charge is 0.332 e. The maximum atomic E-state index is 13.2. The summed E-state index contributed by atoms with van der Waals surface area (Å²) in [6, 6.07) is 13.0. The molecule has 2 heterocycles. The van der Waals surface area contributed by atoms with Crippen molar-refractivity contribution in [2.24, 2.45) is 0 Å². The molecule has 1 atom stereocenters. The zero-order valence-electron chi connectivity index (χ0n) is 18.3. The van der Waals surface area contributed by atoms with Gasteiger partial charge in [-0.05, 0) is 49.7 Å². The van der Waals surface area contributed by atoms with Gasteiger partial charge < -0.3 is 9.80 Å². The lowest BCUT2D eigenvalue weighted by atomic mass is 10.2. The monoisotopic (exact) mass is 438 g/mol. The molecule has 0 aliphatic carbocycles. The SMILES string of the molecule is CC[C@H](C)n1c(=O)c2ccccc2n(CC(=O)N2CCN(c3ccc(F)cc3)CC2)c1=O. The van der Waals surface area contributed by atoms with E-state index in [9.17, 15) is 18.8 Å². The van der Waals surface area contributed by atoms with Gasteiger partial charge in [-0.25, -0.2) is 9.18 Å². The molecule has 0 radical (unpaired) electrons. The van der Waals surface area contributed by atoms with Crippen molar-refractivity contribution < 1.29 is 9.18 Å². The molecule has 32 heavy (non-hydrogen) atoms. The Hall–Kier alpha value is -3.42. The van der Waals surface area contributed by atoms with Gasteiger partial charge in [0.2, 0.25) is 5.91 Å². The van der Waals surface area contributed by atoms with Crippen LogP contribution in [-0.4, -0.2) is 46.1 Å². The van der Waals surface area contributed by atoms with Crippen molar-refractivity contribution in [2.75, 3.05) is 31.1 Å². The third-order valence-electron chi connectivity index (χ3n) is 6.23. The van der Waals surface area contributed by atoms with Crippen LogP contribution in [0.1, 0.15) is 26.3 Å². The second kappa shape index (κ2) is 8.98. The summed E-state index contributed by atoms with van der Waals surface area (Å²) in [5, 5.41) is 0.432. The van der Waals surface area contributed by atoms with Crippen LogP contribution in [0.4, 0.5) is 10.1 Å². The van der Waals surface area contributed by atoms with E-state index in [1.807, 2.05) is 13.8 Å². The molecule has 1 fully saturated rings. The Morgan fingerprint density at radius 3 is 2.31 bits per heavy atom. The van der Waals surface area contributed by atoms with Gasteiger partial charge in [-0.2, -0.15) is 0 Å². The summed E-state index contributed by atoms with van der Waals surface area (Å²) in [6.07, 6.45) is 0.632. The average Bonchev–Trinajstić information content (AvgIpc) is 2.82. The van der Waals surface area contributed by atoms with Gasteiger partial charge in [0.05, 0.1) is 10.9 Å². The summed E-state index contributed by atoms with van der Waals surface area (Å²) >= 11 is 0. The Labute approximate surface area is 185 Å². The van der Waals surface area contributed by atoms with Crippen molar-refractivity contribution in [3.05, 3.63) is 75.2 Å². The first kappa shape index (κ1) is 21.8. The molecule has 1 aliphatic heterocycles. The number of hydrogen-bond acceptors (Lipinski definition) is 4. The van der Waals surface area contributed by atoms with Gasteiger partial charge in [0.25, 0.3) is 5.56 Å². The molecule has 3 aromatic rings. The summed E-state index contributed by atoms with van der Waals surface area (Å²) < 4.78 is 15.8. The van der Waals surface area contributed by atoms with E-state index >= 15 is 0 Å². The zero-order chi connectivity index (χ0) is 22.8. The lowest BCUT2D eigenvalue weighted by molar-refractivity contribution is -0.132. The fourth-order valence-electron chi connectivity index (χ4n) is 4.16. The lowest BCUT2D eigenvalue weighted by Crippen LogP contribution is -2.51. The minimum Gasteiger partial charge on any atom is -0.368 e. The fraction of sp³-hybridized carbons (Fsp3) is 0.375. The second-order valence-electron chi connectivity index (χ2n) is 8.16. The van der Waals surface area contributed by atoms with Gasteiger partial charge in [-0.15, -0.1) is 0 Å². The van der Waals surface area contributed by atoms with Crippen molar-refractivity contribution >= 4 is 22.5 Å². The zero-order valence-corrected chi connectivity index (χ0v) is 18.3. The minimum atomic E-state index is -0.457. The van der Waals surface area contributed by atoms with Crippen molar-refractivity contribution in [1.29, 1.82) is 0 Å². The third-order valence-corrected chi connectivity index (χ3v) is 6.23. The number of piperazine rings is 1. The number of hydrogen-bond donors (Lipinski definition) is 0. The first-order valence-electron chi connectivity index (χ1n) is 10.9. The predicted molar refractivity (Wildman–Crippen MR) is 123 cm³/mol. The van der Waals surface area contributed by atoms with E-state index in [1.54, 1.807) is 41.3 Å². The Kier molecular flexibility index (Phi) is 6.12. The lowest BCUT2D eigenvalue weighted by Gasteiger charge is -2.36. The van der Waals surface area contributed by atoms with Crippen LogP contribution in [-0.2, 0) is 11.3 Å². The highest BCUT2D eigenvalue weighted by Gasteiger charge is 2.24. The van der Waals surface area contributed by atoms with Crippen LogP contribution < -0.4 is 16.1 Å². The number of fused-ring (bicyclic) bond motifs is 1. The van der Waals surface area contributed by atoms with E-state index in [1.165, 1.54) is 21.3 Å². The first-order valence-corrected chi connectivity index (χ1v) is 10.9. The van der Waals surface area contributed by atoms with Crippen molar-refractivity contribution in [3.63, 3.8) is 0 Å². The number of anilines is 1. The number of benzene rings is 2. The molecule has 2 aromatic carbocycles.